The van der Waals surface area contributed by atoms with Crippen LogP contribution in [0.1, 0.15) is 22.6 Å². The summed E-state index contributed by atoms with van der Waals surface area (Å²) >= 11 is 6.41. The monoisotopic (exact) mass is 432 g/mol. The van der Waals surface area contributed by atoms with Crippen LogP contribution in [-0.4, -0.2) is 46.5 Å². The molecule has 0 saturated carbocycles. The minimum atomic E-state index is -0.190. The van der Waals surface area contributed by atoms with Gasteiger partial charge in [0.05, 0.1) is 33.3 Å². The molecule has 2 N–H and O–H groups in total. The molecule has 154 valence electrons. The zero-order chi connectivity index (χ0) is 20.9. The highest BCUT2D eigenvalue weighted by molar-refractivity contribution is 6.34. The van der Waals surface area contributed by atoms with Gasteiger partial charge in [0.25, 0.3) is 5.91 Å². The van der Waals surface area contributed by atoms with E-state index < -0.39 is 0 Å². The largest absolute Gasteiger partial charge is 0.347 e. The van der Waals surface area contributed by atoms with Gasteiger partial charge < -0.3 is 9.88 Å². The quantitative estimate of drug-likeness (QED) is 0.456. The highest BCUT2D eigenvalue weighted by atomic mass is 35.5. The van der Waals surface area contributed by atoms with Gasteiger partial charge in [-0.25, -0.2) is 4.98 Å². The molecule has 1 amide bonds. The lowest BCUT2D eigenvalue weighted by Gasteiger charge is -2.25. The van der Waals surface area contributed by atoms with Gasteiger partial charge in [0, 0.05) is 30.1 Å². The maximum absolute atomic E-state index is 12.9. The van der Waals surface area contributed by atoms with Crippen LogP contribution in [0.3, 0.4) is 0 Å². The first-order valence-corrected chi connectivity index (χ1v) is 10.3. The van der Waals surface area contributed by atoms with E-state index in [1.165, 1.54) is 0 Å². The van der Waals surface area contributed by atoms with E-state index in [9.17, 15) is 4.79 Å². The molecule has 2 aromatic carbocycles. The van der Waals surface area contributed by atoms with Gasteiger partial charge in [0.15, 0.2) is 0 Å². The van der Waals surface area contributed by atoms with E-state index in [0.717, 1.165) is 46.3 Å². The summed E-state index contributed by atoms with van der Waals surface area (Å²) in [6, 6.07) is 9.29. The van der Waals surface area contributed by atoms with Crippen LogP contribution in [0.25, 0.3) is 27.6 Å². The molecule has 31 heavy (non-hydrogen) atoms. The zero-order valence-electron chi connectivity index (χ0n) is 16.3. The first-order chi connectivity index (χ1) is 15.2. The summed E-state index contributed by atoms with van der Waals surface area (Å²) < 4.78 is 3.91. The van der Waals surface area contributed by atoms with Crippen molar-refractivity contribution in [3.8, 4) is 5.69 Å². The molecule has 10 heteroatoms. The fourth-order valence-corrected chi connectivity index (χ4v) is 4.51. The summed E-state index contributed by atoms with van der Waals surface area (Å²) in [6.45, 7) is 0.645. The fraction of sp³-hybridized carbons (Fsp3) is 0.190. The SMILES string of the molecule is O=C(NC1CCc2nc3ccc4cn[nH]c4c3n2C1)c1ccc(-n2cnnc2)cc1Cl. The number of amides is 1. The molecule has 4 heterocycles. The number of aromatic amines is 1. The first-order valence-electron chi connectivity index (χ1n) is 9.94. The summed E-state index contributed by atoms with van der Waals surface area (Å²) in [4.78, 5) is 17.7. The minimum Gasteiger partial charge on any atom is -0.347 e. The molecule has 3 aromatic heterocycles. The Balaban J connectivity index is 1.26. The summed E-state index contributed by atoms with van der Waals surface area (Å²) in [7, 11) is 0. The molecule has 6 rings (SSSR count). The van der Waals surface area contributed by atoms with E-state index in [1.807, 2.05) is 24.4 Å². The molecular weight excluding hydrogens is 416 g/mol. The maximum Gasteiger partial charge on any atom is 0.253 e. The number of halogens is 1. The predicted octanol–water partition coefficient (Wildman–Crippen LogP) is 2.89. The predicted molar refractivity (Wildman–Crippen MR) is 115 cm³/mol. The summed E-state index contributed by atoms with van der Waals surface area (Å²) in [5.41, 5.74) is 4.17. The number of aryl methyl sites for hydroxylation is 1. The van der Waals surface area contributed by atoms with Gasteiger partial charge in [0.1, 0.15) is 18.5 Å². The number of fused-ring (bicyclic) bond motifs is 5. The number of carbonyl (C=O) groups is 1. The van der Waals surface area contributed by atoms with Crippen molar-refractivity contribution in [1.29, 1.82) is 0 Å². The second-order valence-electron chi connectivity index (χ2n) is 7.65. The Morgan fingerprint density at radius 3 is 2.90 bits per heavy atom. The van der Waals surface area contributed by atoms with E-state index in [0.29, 0.717) is 17.1 Å². The van der Waals surface area contributed by atoms with Gasteiger partial charge in [-0.2, -0.15) is 5.10 Å². The summed E-state index contributed by atoms with van der Waals surface area (Å²) in [5.74, 6) is 0.837. The Bertz CT molecular complexity index is 1430. The Labute approximate surface area is 181 Å². The van der Waals surface area contributed by atoms with Crippen molar-refractivity contribution >= 4 is 39.4 Å². The number of carbonyl (C=O) groups excluding carboxylic acids is 1. The van der Waals surface area contributed by atoms with Gasteiger partial charge >= 0.3 is 0 Å². The van der Waals surface area contributed by atoms with Crippen LogP contribution >= 0.6 is 11.6 Å². The molecular formula is C21H17ClN8O. The molecule has 0 fully saturated rings. The third-order valence-electron chi connectivity index (χ3n) is 5.77. The van der Waals surface area contributed by atoms with Crippen molar-refractivity contribution in [1.82, 2.24) is 39.8 Å². The van der Waals surface area contributed by atoms with Crippen molar-refractivity contribution < 1.29 is 4.79 Å². The number of nitrogens with zero attached hydrogens (tertiary/aromatic N) is 6. The summed E-state index contributed by atoms with van der Waals surface area (Å²) in [5, 5.41) is 19.4. The fourth-order valence-electron chi connectivity index (χ4n) is 4.25. The van der Waals surface area contributed by atoms with Gasteiger partial charge in [-0.05, 0) is 36.8 Å². The van der Waals surface area contributed by atoms with Crippen LogP contribution in [0.4, 0.5) is 0 Å². The number of hydrogen-bond acceptors (Lipinski definition) is 5. The van der Waals surface area contributed by atoms with Crippen molar-refractivity contribution in [3.05, 3.63) is 65.6 Å². The number of H-pyrrole nitrogens is 1. The second-order valence-corrected chi connectivity index (χ2v) is 8.06. The highest BCUT2D eigenvalue weighted by Gasteiger charge is 2.25. The third-order valence-corrected chi connectivity index (χ3v) is 6.08. The standard InChI is InChI=1S/C21H17ClN8O/c22-16-7-14(29-10-24-25-11-29)3-4-15(16)21(31)26-13-2-6-18-27-17-5-1-12-8-23-28-19(12)20(17)30(18)9-13/h1,3-5,7-8,10-11,13H,2,6,9H2,(H,23,28)(H,26,31). The Morgan fingerprint density at radius 1 is 1.19 bits per heavy atom. The lowest BCUT2D eigenvalue weighted by Crippen LogP contribution is -2.41. The van der Waals surface area contributed by atoms with Crippen LogP contribution in [0.2, 0.25) is 5.02 Å². The molecule has 9 nitrogen and oxygen atoms in total. The number of nitrogens with one attached hydrogen (secondary N) is 2. The third kappa shape index (κ3) is 2.97. The smallest absolute Gasteiger partial charge is 0.253 e. The average Bonchev–Trinajstić information content (AvgIpc) is 3.51. The molecule has 1 aliphatic rings. The van der Waals surface area contributed by atoms with Gasteiger partial charge in [-0.3, -0.25) is 14.5 Å². The summed E-state index contributed by atoms with van der Waals surface area (Å²) in [6.07, 6.45) is 6.57. The number of hydrogen-bond donors (Lipinski definition) is 2. The molecule has 1 atom stereocenters. The molecule has 0 bridgehead atoms. The van der Waals surface area contributed by atoms with E-state index in [2.05, 4.69) is 30.3 Å². The van der Waals surface area contributed by atoms with E-state index in [1.54, 1.807) is 29.4 Å². The number of benzene rings is 2. The Kier molecular flexibility index (Phi) is 4.03. The molecule has 1 aliphatic heterocycles. The van der Waals surface area contributed by atoms with Crippen molar-refractivity contribution in [2.75, 3.05) is 0 Å². The topological polar surface area (TPSA) is 106 Å². The minimum absolute atomic E-state index is 0.0239. The van der Waals surface area contributed by atoms with Crippen molar-refractivity contribution in [2.45, 2.75) is 25.4 Å². The van der Waals surface area contributed by atoms with Gasteiger partial charge in [-0.15, -0.1) is 10.2 Å². The van der Waals surface area contributed by atoms with Crippen LogP contribution in [-0.2, 0) is 13.0 Å². The number of imidazole rings is 1. The molecule has 1 unspecified atom stereocenters. The molecule has 5 aromatic rings. The second kappa shape index (κ2) is 6.92. The van der Waals surface area contributed by atoms with Crippen molar-refractivity contribution in [3.63, 3.8) is 0 Å². The van der Waals surface area contributed by atoms with Crippen LogP contribution in [0.15, 0.2) is 49.2 Å². The lowest BCUT2D eigenvalue weighted by atomic mass is 10.1. The van der Waals surface area contributed by atoms with Gasteiger partial charge in [0.2, 0.25) is 0 Å². The number of aromatic nitrogens is 7. The highest BCUT2D eigenvalue weighted by Crippen LogP contribution is 2.28. The zero-order valence-corrected chi connectivity index (χ0v) is 17.0. The molecule has 0 spiro atoms. The van der Waals surface area contributed by atoms with Crippen molar-refractivity contribution in [2.24, 2.45) is 0 Å². The van der Waals surface area contributed by atoms with E-state index in [-0.39, 0.29) is 11.9 Å². The van der Waals surface area contributed by atoms with Gasteiger partial charge in [-0.1, -0.05) is 11.6 Å². The maximum atomic E-state index is 12.9. The molecule has 0 saturated heterocycles. The van der Waals surface area contributed by atoms with Crippen LogP contribution in [0.5, 0.6) is 0 Å². The Hall–Kier alpha value is -3.72. The first kappa shape index (κ1) is 18.1. The van der Waals surface area contributed by atoms with Crippen LogP contribution in [0, 0.1) is 0 Å². The molecule has 0 aliphatic carbocycles. The normalized spacial score (nSPS) is 16.0. The van der Waals surface area contributed by atoms with E-state index in [4.69, 9.17) is 16.6 Å². The lowest BCUT2D eigenvalue weighted by molar-refractivity contribution is 0.0928. The number of rotatable bonds is 3. The van der Waals surface area contributed by atoms with Crippen LogP contribution < -0.4 is 5.32 Å². The Morgan fingerprint density at radius 2 is 2.06 bits per heavy atom. The average molecular weight is 433 g/mol. The molecule has 0 radical (unpaired) electrons. The van der Waals surface area contributed by atoms with E-state index >= 15 is 0 Å².